The molecule has 2 heterocycles. The summed E-state index contributed by atoms with van der Waals surface area (Å²) in [4.78, 5) is 2.45. The first-order valence-electron chi connectivity index (χ1n) is 15.7. The molecule has 0 radical (unpaired) electrons. The first-order chi connectivity index (χ1) is 20.8. The summed E-state index contributed by atoms with van der Waals surface area (Å²) in [6.45, 7) is 15.8. The van der Waals surface area contributed by atoms with Crippen LogP contribution in [0.4, 0.5) is 11.4 Å². The molecule has 0 aromatic heterocycles. The average Bonchev–Trinajstić information content (AvgIpc) is 3.38. The molecule has 2 aliphatic rings. The Kier molecular flexibility index (Phi) is 7.56. The van der Waals surface area contributed by atoms with Crippen LogP contribution in [0.1, 0.15) is 58.2 Å². The van der Waals surface area contributed by atoms with Gasteiger partial charge in [-0.15, -0.1) is 0 Å². The first kappa shape index (κ1) is 28.7. The highest BCUT2D eigenvalue weighted by Gasteiger charge is 2.45. The van der Waals surface area contributed by atoms with Gasteiger partial charge in [-0.1, -0.05) is 111 Å². The molecule has 0 unspecified atom stereocenters. The van der Waals surface area contributed by atoms with Crippen LogP contribution in [0.15, 0.2) is 133 Å². The van der Waals surface area contributed by atoms with Crippen LogP contribution < -0.4 is 4.90 Å². The number of likely N-dealkylation sites (N-methyl/N-ethyl adjacent to an activating group) is 1. The lowest BCUT2D eigenvalue weighted by Crippen LogP contribution is -2.27. The molecule has 6 rings (SSSR count). The zero-order chi connectivity index (χ0) is 30.2. The van der Waals surface area contributed by atoms with Crippen molar-refractivity contribution in [2.75, 3.05) is 18.0 Å². The van der Waals surface area contributed by atoms with E-state index in [4.69, 9.17) is 0 Å². The molecule has 0 saturated heterocycles. The predicted octanol–water partition coefficient (Wildman–Crippen LogP) is 10.1. The third-order valence-corrected chi connectivity index (χ3v) is 9.35. The molecule has 0 N–H and O–H groups in total. The number of fused-ring (bicyclic) bond motifs is 4. The van der Waals surface area contributed by atoms with Gasteiger partial charge in [0.15, 0.2) is 5.71 Å². The molecule has 0 atom stereocenters. The van der Waals surface area contributed by atoms with Gasteiger partial charge in [-0.25, -0.2) is 0 Å². The monoisotopic (exact) mass is 563 g/mol. The molecule has 0 saturated carbocycles. The molecule has 2 aliphatic heterocycles. The van der Waals surface area contributed by atoms with E-state index in [9.17, 15) is 0 Å². The summed E-state index contributed by atoms with van der Waals surface area (Å²) in [6, 6.07) is 32.8. The number of hydrogen-bond acceptors (Lipinski definition) is 1. The van der Waals surface area contributed by atoms with Crippen molar-refractivity contribution in [2.24, 2.45) is 0 Å². The Labute approximate surface area is 257 Å². The van der Waals surface area contributed by atoms with Crippen molar-refractivity contribution in [1.82, 2.24) is 0 Å². The van der Waals surface area contributed by atoms with E-state index in [1.165, 1.54) is 55.8 Å². The molecule has 4 aromatic carbocycles. The number of allylic oxidation sites excluding steroid dienone is 8. The second kappa shape index (κ2) is 11.3. The van der Waals surface area contributed by atoms with E-state index in [-0.39, 0.29) is 10.8 Å². The van der Waals surface area contributed by atoms with E-state index in [0.29, 0.717) is 0 Å². The molecule has 0 bridgehead atoms. The molecule has 0 fully saturated rings. The maximum atomic E-state index is 2.48. The lowest BCUT2D eigenvalue weighted by atomic mass is 9.79. The highest BCUT2D eigenvalue weighted by atomic mass is 15.2. The van der Waals surface area contributed by atoms with E-state index in [2.05, 4.69) is 178 Å². The molecular weight excluding hydrogens is 520 g/mol. The number of anilines is 1. The van der Waals surface area contributed by atoms with Gasteiger partial charge in [-0.3, -0.25) is 0 Å². The number of para-hydroxylation sites is 1. The largest absolute Gasteiger partial charge is 0.344 e. The summed E-state index contributed by atoms with van der Waals surface area (Å²) in [7, 11) is 0. The highest BCUT2D eigenvalue weighted by molar-refractivity contribution is 6.07. The van der Waals surface area contributed by atoms with Crippen LogP contribution in [0.3, 0.4) is 0 Å². The Bertz CT molecular complexity index is 1830. The van der Waals surface area contributed by atoms with Crippen LogP contribution in [-0.4, -0.2) is 23.4 Å². The molecule has 43 heavy (non-hydrogen) atoms. The van der Waals surface area contributed by atoms with Crippen molar-refractivity contribution < 1.29 is 4.58 Å². The van der Waals surface area contributed by atoms with Gasteiger partial charge in [-0.05, 0) is 73.4 Å². The van der Waals surface area contributed by atoms with Crippen molar-refractivity contribution >= 4 is 33.4 Å². The maximum Gasteiger partial charge on any atom is 0.210 e. The SMILES string of the molecule is CCN1/C(=C/C=C/C(=C/C=C/C2=[N+](CC)c3ccc4ccccc4c3C2(C)C)c2ccccc2)C(C)(C)c2ccccc21. The van der Waals surface area contributed by atoms with Crippen LogP contribution in [0.25, 0.3) is 16.3 Å². The fourth-order valence-electron chi connectivity index (χ4n) is 7.22. The molecule has 2 heteroatoms. The minimum absolute atomic E-state index is 0.0407. The molecular formula is C41H43N2+. The summed E-state index contributed by atoms with van der Waals surface area (Å²) in [5.41, 5.74) is 10.4. The average molecular weight is 564 g/mol. The van der Waals surface area contributed by atoms with E-state index >= 15 is 0 Å². The van der Waals surface area contributed by atoms with Gasteiger partial charge >= 0.3 is 0 Å². The van der Waals surface area contributed by atoms with Crippen LogP contribution in [0.5, 0.6) is 0 Å². The fraction of sp³-hybridized carbons (Fsp3) is 0.244. The highest BCUT2D eigenvalue weighted by Crippen LogP contribution is 2.47. The normalized spacial score (nSPS) is 18.4. The van der Waals surface area contributed by atoms with Crippen molar-refractivity contribution in [2.45, 2.75) is 52.4 Å². The van der Waals surface area contributed by atoms with Crippen LogP contribution >= 0.6 is 0 Å². The minimum atomic E-state index is -0.101. The summed E-state index contributed by atoms with van der Waals surface area (Å²) in [5.74, 6) is 0. The molecule has 4 aromatic rings. The van der Waals surface area contributed by atoms with E-state index < -0.39 is 0 Å². The Balaban J connectivity index is 1.36. The standard InChI is InChI=1S/C41H43N2/c1-7-42-35-25-15-14-24-34(35)40(3,4)37(42)26-16-21-31(30-18-10-9-11-19-30)22-17-27-38-41(5,6)39-33-23-13-12-20-32(33)28-29-36(39)43(38)8-2/h9-29H,7-8H2,1-6H3/q+1. The van der Waals surface area contributed by atoms with Gasteiger partial charge in [0.1, 0.15) is 6.54 Å². The fourth-order valence-corrected chi connectivity index (χ4v) is 7.22. The third-order valence-electron chi connectivity index (χ3n) is 9.35. The van der Waals surface area contributed by atoms with Crippen molar-refractivity contribution in [3.8, 4) is 0 Å². The molecule has 0 aliphatic carbocycles. The quantitative estimate of drug-likeness (QED) is 0.160. The Morgan fingerprint density at radius 1 is 0.767 bits per heavy atom. The summed E-state index contributed by atoms with van der Waals surface area (Å²) < 4.78 is 2.48. The van der Waals surface area contributed by atoms with Crippen LogP contribution in [0.2, 0.25) is 0 Å². The van der Waals surface area contributed by atoms with Crippen LogP contribution in [-0.2, 0) is 10.8 Å². The summed E-state index contributed by atoms with van der Waals surface area (Å²) in [6.07, 6.45) is 13.6. The molecule has 216 valence electrons. The predicted molar refractivity (Wildman–Crippen MR) is 186 cm³/mol. The maximum absolute atomic E-state index is 2.48. The van der Waals surface area contributed by atoms with Gasteiger partial charge < -0.3 is 4.90 Å². The summed E-state index contributed by atoms with van der Waals surface area (Å²) in [5, 5.41) is 2.65. The van der Waals surface area contributed by atoms with Crippen molar-refractivity contribution in [3.05, 3.63) is 150 Å². The lowest BCUT2D eigenvalue weighted by molar-refractivity contribution is -0.433. The van der Waals surface area contributed by atoms with E-state index in [0.717, 1.165) is 13.1 Å². The first-order valence-corrected chi connectivity index (χ1v) is 15.7. The Morgan fingerprint density at radius 2 is 1.49 bits per heavy atom. The van der Waals surface area contributed by atoms with E-state index in [1.807, 2.05) is 0 Å². The lowest BCUT2D eigenvalue weighted by Gasteiger charge is -2.25. The Morgan fingerprint density at radius 3 is 2.26 bits per heavy atom. The minimum Gasteiger partial charge on any atom is -0.344 e. The Hall–Kier alpha value is -4.43. The van der Waals surface area contributed by atoms with Crippen molar-refractivity contribution in [3.63, 3.8) is 0 Å². The zero-order valence-electron chi connectivity index (χ0n) is 26.4. The van der Waals surface area contributed by atoms with Gasteiger partial charge in [0.25, 0.3) is 0 Å². The van der Waals surface area contributed by atoms with Gasteiger partial charge in [0.2, 0.25) is 5.69 Å². The second-order valence-corrected chi connectivity index (χ2v) is 12.6. The van der Waals surface area contributed by atoms with Gasteiger partial charge in [0, 0.05) is 41.1 Å². The number of hydrogen-bond donors (Lipinski definition) is 0. The molecule has 2 nitrogen and oxygen atoms in total. The van der Waals surface area contributed by atoms with Crippen molar-refractivity contribution in [1.29, 1.82) is 0 Å². The number of rotatable bonds is 7. The van der Waals surface area contributed by atoms with Crippen LogP contribution in [0, 0.1) is 0 Å². The smallest absolute Gasteiger partial charge is 0.210 e. The zero-order valence-corrected chi connectivity index (χ0v) is 26.4. The van der Waals surface area contributed by atoms with Gasteiger partial charge in [-0.2, -0.15) is 4.58 Å². The third kappa shape index (κ3) is 4.89. The molecule has 0 amide bonds. The topological polar surface area (TPSA) is 6.25 Å². The number of benzene rings is 4. The van der Waals surface area contributed by atoms with Gasteiger partial charge in [0.05, 0.1) is 5.41 Å². The second-order valence-electron chi connectivity index (χ2n) is 12.6. The summed E-state index contributed by atoms with van der Waals surface area (Å²) >= 11 is 0. The van der Waals surface area contributed by atoms with E-state index in [1.54, 1.807) is 0 Å². The molecule has 0 spiro atoms. The number of nitrogens with zero attached hydrogens (tertiary/aromatic N) is 2.